The molecule has 3 nitrogen and oxygen atoms in total. The Morgan fingerprint density at radius 2 is 1.95 bits per heavy atom. The van der Waals surface area contributed by atoms with E-state index >= 15 is 0 Å². The van der Waals surface area contributed by atoms with Crippen molar-refractivity contribution in [3.05, 3.63) is 35.6 Å². The molecule has 0 unspecified atom stereocenters. The fraction of sp³-hybridized carbons (Fsp3) is 0.500. The molecule has 1 aromatic heterocycles. The van der Waals surface area contributed by atoms with E-state index < -0.39 is 13.0 Å². The van der Waals surface area contributed by atoms with Gasteiger partial charge in [0.05, 0.1) is 13.2 Å². The Labute approximate surface area is 123 Å². The minimum Gasteiger partial charge on any atom is -0.459 e. The number of fused-ring (bicyclic) bond motifs is 1. The monoisotopic (exact) mass is 297 g/mol. The molecule has 1 N–H and O–H groups in total. The maximum Gasteiger partial charge on any atom is 0.261 e. The largest absolute Gasteiger partial charge is 0.459 e. The Bertz CT molecular complexity index is 587. The highest BCUT2D eigenvalue weighted by Gasteiger charge is 2.17. The van der Waals surface area contributed by atoms with Gasteiger partial charge >= 0.3 is 0 Å². The summed E-state index contributed by atoms with van der Waals surface area (Å²) in [4.78, 5) is 0. The lowest BCUT2D eigenvalue weighted by atomic mass is 10.1. The van der Waals surface area contributed by atoms with Crippen LogP contribution >= 0.6 is 0 Å². The van der Waals surface area contributed by atoms with Gasteiger partial charge in [-0.25, -0.2) is 8.78 Å². The molecule has 0 atom stereocenters. The lowest BCUT2D eigenvalue weighted by Crippen LogP contribution is -2.35. The summed E-state index contributed by atoms with van der Waals surface area (Å²) in [7, 11) is 0. The number of rotatable bonds is 6. The van der Waals surface area contributed by atoms with Gasteiger partial charge in [-0.15, -0.1) is 0 Å². The SMILES string of the molecule is CC(C)(C)NCc1oc2ccccc2c1COCC(F)F. The highest BCUT2D eigenvalue weighted by Crippen LogP contribution is 2.27. The number of ether oxygens (including phenoxy) is 1. The topological polar surface area (TPSA) is 34.4 Å². The van der Waals surface area contributed by atoms with Gasteiger partial charge in [-0.3, -0.25) is 0 Å². The molecule has 0 saturated carbocycles. The molecular weight excluding hydrogens is 276 g/mol. The molecule has 0 radical (unpaired) electrons. The number of hydrogen-bond acceptors (Lipinski definition) is 3. The second-order valence-corrected chi connectivity index (χ2v) is 6.01. The Kier molecular flexibility index (Phi) is 4.96. The van der Waals surface area contributed by atoms with E-state index in [0.717, 1.165) is 22.3 Å². The zero-order chi connectivity index (χ0) is 15.5. The third-order valence-corrected chi connectivity index (χ3v) is 3.05. The second-order valence-electron chi connectivity index (χ2n) is 6.01. The fourth-order valence-electron chi connectivity index (χ4n) is 2.05. The summed E-state index contributed by atoms with van der Waals surface area (Å²) in [6.45, 7) is 6.27. The van der Waals surface area contributed by atoms with Crippen LogP contribution in [-0.4, -0.2) is 18.6 Å². The lowest BCUT2D eigenvalue weighted by Gasteiger charge is -2.20. The van der Waals surface area contributed by atoms with Gasteiger partial charge in [0.2, 0.25) is 0 Å². The summed E-state index contributed by atoms with van der Waals surface area (Å²) in [6.07, 6.45) is -2.46. The predicted octanol–water partition coefficient (Wildman–Crippen LogP) is 4.10. The van der Waals surface area contributed by atoms with Crippen molar-refractivity contribution in [1.82, 2.24) is 5.32 Å². The summed E-state index contributed by atoms with van der Waals surface area (Å²) in [6, 6.07) is 7.57. The van der Waals surface area contributed by atoms with Gasteiger partial charge in [-0.05, 0) is 26.8 Å². The minimum absolute atomic E-state index is 0.0555. The van der Waals surface area contributed by atoms with Crippen LogP contribution in [0.4, 0.5) is 8.78 Å². The van der Waals surface area contributed by atoms with Crippen LogP contribution in [0.1, 0.15) is 32.1 Å². The smallest absolute Gasteiger partial charge is 0.261 e. The zero-order valence-electron chi connectivity index (χ0n) is 12.6. The van der Waals surface area contributed by atoms with Crippen molar-refractivity contribution in [2.24, 2.45) is 0 Å². The van der Waals surface area contributed by atoms with Crippen molar-refractivity contribution in [2.45, 2.75) is 45.9 Å². The summed E-state index contributed by atoms with van der Waals surface area (Å²) < 4.78 is 35.3. The van der Waals surface area contributed by atoms with E-state index in [2.05, 4.69) is 26.1 Å². The van der Waals surface area contributed by atoms with Gasteiger partial charge in [0.15, 0.2) is 0 Å². The molecule has 1 aromatic carbocycles. The quantitative estimate of drug-likeness (QED) is 0.871. The van der Waals surface area contributed by atoms with Crippen LogP contribution in [-0.2, 0) is 17.9 Å². The number of alkyl halides is 2. The number of nitrogens with one attached hydrogen (secondary N) is 1. The molecular formula is C16H21F2NO2. The Morgan fingerprint density at radius 1 is 1.24 bits per heavy atom. The van der Waals surface area contributed by atoms with E-state index in [1.807, 2.05) is 24.3 Å². The first-order valence-corrected chi connectivity index (χ1v) is 6.97. The van der Waals surface area contributed by atoms with Crippen LogP contribution < -0.4 is 5.32 Å². The molecule has 0 bridgehead atoms. The van der Waals surface area contributed by atoms with Crippen molar-refractivity contribution in [2.75, 3.05) is 6.61 Å². The molecule has 0 amide bonds. The molecule has 5 heteroatoms. The van der Waals surface area contributed by atoms with Crippen LogP contribution in [0, 0.1) is 0 Å². The first-order valence-electron chi connectivity index (χ1n) is 6.97. The molecule has 2 aromatic rings. The Morgan fingerprint density at radius 3 is 2.62 bits per heavy atom. The lowest BCUT2D eigenvalue weighted by molar-refractivity contribution is 0.00970. The number of furan rings is 1. The standard InChI is InChI=1S/C16H21F2NO2/c1-16(2,3)19-8-14-12(9-20-10-15(17)18)11-6-4-5-7-13(11)21-14/h4-7,15,19H,8-10H2,1-3H3. The van der Waals surface area contributed by atoms with E-state index in [1.54, 1.807) is 0 Å². The zero-order valence-corrected chi connectivity index (χ0v) is 12.6. The first kappa shape index (κ1) is 15.9. The summed E-state index contributed by atoms with van der Waals surface area (Å²) in [5.74, 6) is 0.736. The van der Waals surface area contributed by atoms with Crippen molar-refractivity contribution >= 4 is 11.0 Å². The van der Waals surface area contributed by atoms with Gasteiger partial charge in [-0.1, -0.05) is 18.2 Å². The third-order valence-electron chi connectivity index (χ3n) is 3.05. The number of hydrogen-bond donors (Lipinski definition) is 1. The van der Waals surface area contributed by atoms with Crippen molar-refractivity contribution in [3.63, 3.8) is 0 Å². The summed E-state index contributed by atoms with van der Waals surface area (Å²) in [5.41, 5.74) is 1.53. The van der Waals surface area contributed by atoms with Gasteiger partial charge in [0.1, 0.15) is 18.0 Å². The number of halogens is 2. The molecule has 0 saturated heterocycles. The van der Waals surface area contributed by atoms with Crippen LogP contribution in [0.2, 0.25) is 0 Å². The van der Waals surface area contributed by atoms with E-state index in [9.17, 15) is 8.78 Å². The van der Waals surface area contributed by atoms with E-state index in [4.69, 9.17) is 9.15 Å². The third kappa shape index (κ3) is 4.51. The molecule has 21 heavy (non-hydrogen) atoms. The van der Waals surface area contributed by atoms with Gasteiger partial charge in [-0.2, -0.15) is 0 Å². The molecule has 0 spiro atoms. The van der Waals surface area contributed by atoms with Crippen LogP contribution in [0.25, 0.3) is 11.0 Å². The molecule has 0 aliphatic rings. The molecule has 116 valence electrons. The fourth-order valence-corrected chi connectivity index (χ4v) is 2.05. The number of benzene rings is 1. The van der Waals surface area contributed by atoms with E-state index in [-0.39, 0.29) is 12.1 Å². The molecule has 2 rings (SSSR count). The van der Waals surface area contributed by atoms with E-state index in [0.29, 0.717) is 6.54 Å². The van der Waals surface area contributed by atoms with Crippen molar-refractivity contribution in [1.29, 1.82) is 0 Å². The second kappa shape index (κ2) is 6.54. The highest BCUT2D eigenvalue weighted by molar-refractivity contribution is 5.82. The first-order chi connectivity index (χ1) is 9.87. The van der Waals surface area contributed by atoms with Gasteiger partial charge in [0.25, 0.3) is 6.43 Å². The van der Waals surface area contributed by atoms with Crippen LogP contribution in [0.5, 0.6) is 0 Å². The van der Waals surface area contributed by atoms with Crippen LogP contribution in [0.3, 0.4) is 0 Å². The maximum absolute atomic E-state index is 12.2. The van der Waals surface area contributed by atoms with Crippen molar-refractivity contribution in [3.8, 4) is 0 Å². The molecule has 0 aliphatic carbocycles. The molecule has 0 aliphatic heterocycles. The molecule has 1 heterocycles. The highest BCUT2D eigenvalue weighted by atomic mass is 19.3. The van der Waals surface area contributed by atoms with Crippen molar-refractivity contribution < 1.29 is 17.9 Å². The van der Waals surface area contributed by atoms with E-state index in [1.165, 1.54) is 0 Å². The predicted molar refractivity (Wildman–Crippen MR) is 78.5 cm³/mol. The normalized spacial score (nSPS) is 12.5. The average Bonchev–Trinajstić information content (AvgIpc) is 2.74. The summed E-state index contributed by atoms with van der Waals surface area (Å²) >= 11 is 0. The summed E-state index contributed by atoms with van der Waals surface area (Å²) in [5, 5.41) is 4.26. The maximum atomic E-state index is 12.2. The molecule has 0 fully saturated rings. The van der Waals surface area contributed by atoms with Crippen LogP contribution in [0.15, 0.2) is 28.7 Å². The number of para-hydroxylation sites is 1. The average molecular weight is 297 g/mol. The minimum atomic E-state index is -2.46. The van der Waals surface area contributed by atoms with Gasteiger partial charge < -0.3 is 14.5 Å². The van der Waals surface area contributed by atoms with Gasteiger partial charge in [0, 0.05) is 16.5 Å². The Balaban J connectivity index is 2.21. The Hall–Kier alpha value is -1.46.